The molecule has 1 nitrogen and oxygen atoms in total. The first kappa shape index (κ1) is 48.6. The van der Waals surface area contributed by atoms with Crippen molar-refractivity contribution in [2.45, 2.75) is 32.4 Å². The van der Waals surface area contributed by atoms with Crippen LogP contribution in [0.15, 0.2) is 218 Å². The van der Waals surface area contributed by atoms with Gasteiger partial charge in [0.1, 0.15) is 0 Å². The molecule has 0 N–H and O–H groups in total. The van der Waals surface area contributed by atoms with Crippen molar-refractivity contribution < 1.29 is 39.5 Å². The minimum absolute atomic E-state index is 0.00454. The van der Waals surface area contributed by atoms with Gasteiger partial charge in [0.15, 0.2) is 0 Å². The van der Waals surface area contributed by atoms with Crippen molar-refractivity contribution in [3.8, 4) is 83.6 Å². The first-order valence-electron chi connectivity index (χ1n) is 24.0. The number of benzene rings is 10. The van der Waals surface area contributed by atoms with Gasteiger partial charge in [-0.05, 0) is 182 Å². The molecule has 0 saturated heterocycles. The van der Waals surface area contributed by atoms with Gasteiger partial charge in [-0.2, -0.15) is 39.5 Å². The predicted octanol–water partition coefficient (Wildman–Crippen LogP) is 20.1. The second-order valence-corrected chi connectivity index (χ2v) is 18.7. The van der Waals surface area contributed by atoms with E-state index in [9.17, 15) is 39.5 Å². The molecule has 1 heterocycles. The van der Waals surface area contributed by atoms with Crippen molar-refractivity contribution in [2.24, 2.45) is 0 Å². The summed E-state index contributed by atoms with van der Waals surface area (Å²) in [5.74, 6) is 0. The first-order valence-corrected chi connectivity index (χ1v) is 24.0. The Morgan fingerprint density at radius 2 is 0.573 bits per heavy atom. The highest BCUT2D eigenvalue weighted by atomic mass is 19.4. The van der Waals surface area contributed by atoms with Crippen LogP contribution in [-0.2, 0) is 18.5 Å². The van der Waals surface area contributed by atoms with Crippen LogP contribution >= 0.6 is 0 Å². The van der Waals surface area contributed by atoms with Crippen LogP contribution in [0.4, 0.5) is 39.5 Å². The van der Waals surface area contributed by atoms with Crippen LogP contribution < -0.4 is 0 Å². The molecule has 370 valence electrons. The van der Waals surface area contributed by atoms with Gasteiger partial charge in [0.05, 0.1) is 33.4 Å². The number of para-hydroxylation sites is 1. The third-order valence-electron chi connectivity index (χ3n) is 14.0. The molecule has 0 bridgehead atoms. The van der Waals surface area contributed by atoms with Gasteiger partial charge < -0.3 is 4.57 Å². The van der Waals surface area contributed by atoms with E-state index >= 15 is 0 Å². The molecule has 0 unspecified atom stereocenters. The molecule has 0 radical (unpaired) electrons. The van der Waals surface area contributed by atoms with Gasteiger partial charge in [0.25, 0.3) is 0 Å². The fourth-order valence-corrected chi connectivity index (χ4v) is 10.5. The van der Waals surface area contributed by atoms with Crippen LogP contribution in [0.3, 0.4) is 0 Å². The quantitative estimate of drug-likeness (QED) is 0.134. The van der Waals surface area contributed by atoms with Gasteiger partial charge >= 0.3 is 18.5 Å². The maximum Gasteiger partial charge on any atom is 0.417 e. The first-order chi connectivity index (χ1) is 35.9. The molecule has 1 aromatic heterocycles. The molecule has 0 fully saturated rings. The van der Waals surface area contributed by atoms with Crippen molar-refractivity contribution in [3.63, 3.8) is 0 Å². The number of hydrogen-bond donors (Lipinski definition) is 0. The van der Waals surface area contributed by atoms with E-state index in [-0.39, 0.29) is 16.7 Å². The zero-order valence-corrected chi connectivity index (χ0v) is 40.1. The van der Waals surface area contributed by atoms with E-state index in [4.69, 9.17) is 0 Å². The third kappa shape index (κ3) is 9.15. The Labute approximate surface area is 426 Å². The fraction of sp³-hybridized carbons (Fsp3) is 0.0769. The number of aryl methyl sites for hydroxylation is 2. The third-order valence-corrected chi connectivity index (χ3v) is 14.0. The maximum atomic E-state index is 14.8. The van der Waals surface area contributed by atoms with E-state index in [1.165, 1.54) is 36.4 Å². The average molecular weight is 1010 g/mol. The Bertz CT molecular complexity index is 3800. The molecule has 11 rings (SSSR count). The lowest BCUT2D eigenvalue weighted by Crippen LogP contribution is -2.08. The molecule has 10 aromatic carbocycles. The van der Waals surface area contributed by atoms with Crippen molar-refractivity contribution in [1.29, 1.82) is 0 Å². The van der Waals surface area contributed by atoms with Gasteiger partial charge in [-0.3, -0.25) is 0 Å². The Kier molecular flexibility index (Phi) is 12.1. The van der Waals surface area contributed by atoms with E-state index in [1.807, 2.05) is 115 Å². The van der Waals surface area contributed by atoms with E-state index in [0.717, 1.165) is 40.5 Å². The molecule has 0 aliphatic heterocycles. The minimum Gasteiger partial charge on any atom is -0.309 e. The molecule has 0 atom stereocenters. The standard InChI is InChI=1S/C65H42F9N/c1-39-15-3-5-17-49(39)45-31-43(33-47(35-45)51-19-7-11-23-57(51)63(66,67)68)41-27-29-61-55(37-41)56-38-42(28-30-62(56)75(61)60-26-14-10-22-54(60)53-21-9-13-25-59(53)65(72,73)74)44-32-46(50-18-6-4-16-40(50)2)36-48(34-44)52-20-8-12-24-58(52)64(69,70)71/h3-38H,1-2H3. The molecule has 75 heavy (non-hydrogen) atoms. The number of alkyl halides is 9. The lowest BCUT2D eigenvalue weighted by Gasteiger charge is -2.18. The van der Waals surface area contributed by atoms with Crippen LogP contribution in [-0.4, -0.2) is 4.57 Å². The molecule has 10 heteroatoms. The number of rotatable bonds is 8. The summed E-state index contributed by atoms with van der Waals surface area (Å²) in [4.78, 5) is 0. The van der Waals surface area contributed by atoms with Gasteiger partial charge in [-0.15, -0.1) is 0 Å². The molecule has 0 aliphatic rings. The number of fused-ring (bicyclic) bond motifs is 3. The summed E-state index contributed by atoms with van der Waals surface area (Å²) < 4.78 is 134. The van der Waals surface area contributed by atoms with Gasteiger partial charge in [-0.25, -0.2) is 0 Å². The van der Waals surface area contributed by atoms with E-state index < -0.39 is 35.2 Å². The highest BCUT2D eigenvalue weighted by molar-refractivity contribution is 6.12. The Balaban J connectivity index is 1.19. The SMILES string of the molecule is Cc1ccccc1-c1cc(-c2ccc3c(c2)c2cc(-c4cc(-c5ccccc5C)cc(-c5ccccc5C(F)(F)F)c4)ccc2n3-c2ccccc2-c2ccccc2C(F)(F)F)cc(-c2ccccc2C(F)(F)F)c1. The molecule has 0 aliphatic carbocycles. The number of halogens is 9. The van der Waals surface area contributed by atoms with E-state index in [0.29, 0.717) is 77.6 Å². The normalized spacial score (nSPS) is 12.2. The Hall–Kier alpha value is -8.63. The number of nitrogens with zero attached hydrogens (tertiary/aromatic N) is 1. The molecular weight excluding hydrogens is 966 g/mol. The summed E-state index contributed by atoms with van der Waals surface area (Å²) in [7, 11) is 0. The number of hydrogen-bond acceptors (Lipinski definition) is 0. The predicted molar refractivity (Wildman–Crippen MR) is 283 cm³/mol. The van der Waals surface area contributed by atoms with Gasteiger partial charge in [0, 0.05) is 16.3 Å². The van der Waals surface area contributed by atoms with Gasteiger partial charge in [-0.1, -0.05) is 133 Å². The molecule has 11 aromatic rings. The summed E-state index contributed by atoms with van der Waals surface area (Å²) in [6, 6.07) is 60.6. The van der Waals surface area contributed by atoms with Crippen LogP contribution in [0.5, 0.6) is 0 Å². The molecule has 0 amide bonds. The van der Waals surface area contributed by atoms with Crippen LogP contribution in [0.25, 0.3) is 105 Å². The number of aromatic nitrogens is 1. The monoisotopic (exact) mass is 1010 g/mol. The molecular formula is C65H42F9N. The van der Waals surface area contributed by atoms with Crippen molar-refractivity contribution >= 4 is 21.8 Å². The van der Waals surface area contributed by atoms with E-state index in [1.54, 1.807) is 66.7 Å². The topological polar surface area (TPSA) is 4.93 Å². The zero-order valence-electron chi connectivity index (χ0n) is 40.1. The Morgan fingerprint density at radius 1 is 0.267 bits per heavy atom. The summed E-state index contributed by atoms with van der Waals surface area (Å²) in [5.41, 5.74) is 7.69. The summed E-state index contributed by atoms with van der Waals surface area (Å²) in [6.07, 6.45) is -14.0. The molecule has 0 saturated carbocycles. The second kappa shape index (κ2) is 18.7. The van der Waals surface area contributed by atoms with Crippen LogP contribution in [0.1, 0.15) is 27.8 Å². The average Bonchev–Trinajstić information content (AvgIpc) is 3.77. The van der Waals surface area contributed by atoms with Crippen molar-refractivity contribution in [2.75, 3.05) is 0 Å². The maximum absolute atomic E-state index is 14.8. The highest BCUT2D eigenvalue weighted by Gasteiger charge is 2.36. The lowest BCUT2D eigenvalue weighted by molar-refractivity contribution is -0.137. The van der Waals surface area contributed by atoms with Crippen molar-refractivity contribution in [3.05, 3.63) is 246 Å². The minimum atomic E-state index is -4.67. The van der Waals surface area contributed by atoms with Crippen LogP contribution in [0, 0.1) is 13.8 Å². The van der Waals surface area contributed by atoms with Gasteiger partial charge in [0.2, 0.25) is 0 Å². The van der Waals surface area contributed by atoms with E-state index in [2.05, 4.69) is 0 Å². The smallest absolute Gasteiger partial charge is 0.309 e. The van der Waals surface area contributed by atoms with Crippen molar-refractivity contribution in [1.82, 2.24) is 4.57 Å². The highest BCUT2D eigenvalue weighted by Crippen LogP contribution is 2.46. The summed E-state index contributed by atoms with van der Waals surface area (Å²) in [5, 5.41) is 1.33. The fourth-order valence-electron chi connectivity index (χ4n) is 10.5. The largest absolute Gasteiger partial charge is 0.417 e. The Morgan fingerprint density at radius 3 is 0.973 bits per heavy atom. The lowest BCUT2D eigenvalue weighted by atomic mass is 9.89. The summed E-state index contributed by atoms with van der Waals surface area (Å²) >= 11 is 0. The molecule has 0 spiro atoms. The second-order valence-electron chi connectivity index (χ2n) is 18.7. The van der Waals surface area contributed by atoms with Crippen LogP contribution in [0.2, 0.25) is 0 Å². The summed E-state index contributed by atoms with van der Waals surface area (Å²) in [6.45, 7) is 3.87. The zero-order chi connectivity index (χ0) is 52.4.